The number of aromatic nitrogens is 4. The van der Waals surface area contributed by atoms with E-state index in [9.17, 15) is 24.0 Å². The molecule has 62 heavy (non-hydrogen) atoms. The van der Waals surface area contributed by atoms with Crippen molar-refractivity contribution < 1.29 is 47.7 Å². The Bertz CT molecular complexity index is 2070. The van der Waals surface area contributed by atoms with Crippen LogP contribution in [0.15, 0.2) is 73.3 Å². The number of nitrogens with one attached hydrogen (secondary N) is 3. The molecule has 1 unspecified atom stereocenters. The number of hydrogen-bond acceptors (Lipinski definition) is 14. The summed E-state index contributed by atoms with van der Waals surface area (Å²) in [5, 5.41) is 9.21. The SMILES string of the molecule is COC(=O)[C@@H](C)CC[C@H](CCCNCCCC[C@@H](C)NC(=O)OCc1ccccc1)C[C@H]1O[C@@H](n2cnc3c(NC(=O)c4ccccc4)ncnc32)C(OC(C)=O)[C@H]1OC(C)=O. The molecule has 17 heteroatoms. The van der Waals surface area contributed by atoms with E-state index in [4.69, 9.17) is 23.7 Å². The molecule has 1 aliphatic rings. The van der Waals surface area contributed by atoms with E-state index in [1.165, 1.54) is 33.6 Å². The normalized spacial score (nSPS) is 18.6. The molecule has 0 bridgehead atoms. The molecule has 3 heterocycles. The van der Waals surface area contributed by atoms with Crippen LogP contribution < -0.4 is 16.0 Å². The Balaban J connectivity index is 1.20. The number of alkyl carbamates (subject to hydrolysis) is 1. The van der Waals surface area contributed by atoms with E-state index in [0.717, 1.165) is 50.8 Å². The highest BCUT2D eigenvalue weighted by molar-refractivity contribution is 6.06. The molecule has 2 aromatic carbocycles. The summed E-state index contributed by atoms with van der Waals surface area (Å²) >= 11 is 0. The van der Waals surface area contributed by atoms with Gasteiger partial charge in [0.05, 0.1) is 19.4 Å². The topological polar surface area (TPSA) is 211 Å². The van der Waals surface area contributed by atoms with Gasteiger partial charge in [-0.05, 0) is 88.6 Å². The third-order valence-electron chi connectivity index (χ3n) is 10.8. The second-order valence-electron chi connectivity index (χ2n) is 15.7. The lowest BCUT2D eigenvalue weighted by Gasteiger charge is -2.26. The number of fused-ring (bicyclic) bond motifs is 1. The number of anilines is 1. The highest BCUT2D eigenvalue weighted by Crippen LogP contribution is 2.40. The highest BCUT2D eigenvalue weighted by Gasteiger charge is 2.51. The Kier molecular flexibility index (Phi) is 18.2. The standard InChI is InChI=1S/C45H59N7O10/c1-29(44(56)58-5)21-22-33(18-14-24-46-23-13-12-15-30(2)50-45(57)59-26-34-16-8-6-9-17-34)25-36-38(60-31(3)53)39(61-32(4)54)43(62-36)52-28-49-37-40(47-27-48-41(37)52)51-42(55)35-19-10-7-11-20-35/h6-11,16-17,19-20,27-30,33,36,38-39,43,46H,12-15,18,21-26H2,1-5H3,(H,50,57)(H,47,48,51,55)/t29-,30+,33-,36+,38-,39?,43+/m0/s1. The van der Waals surface area contributed by atoms with E-state index >= 15 is 0 Å². The lowest BCUT2D eigenvalue weighted by molar-refractivity contribution is -0.165. The number of esters is 3. The molecular weight excluding hydrogens is 799 g/mol. The van der Waals surface area contributed by atoms with Gasteiger partial charge in [0.25, 0.3) is 5.91 Å². The van der Waals surface area contributed by atoms with Gasteiger partial charge in [0.15, 0.2) is 35.4 Å². The minimum absolute atomic E-state index is 0.0223. The fourth-order valence-electron chi connectivity index (χ4n) is 7.56. The van der Waals surface area contributed by atoms with Gasteiger partial charge in [-0.15, -0.1) is 0 Å². The lowest BCUT2D eigenvalue weighted by Crippen LogP contribution is -2.39. The van der Waals surface area contributed by atoms with Crippen molar-refractivity contribution in [3.8, 4) is 0 Å². The van der Waals surface area contributed by atoms with Crippen molar-refractivity contribution in [1.82, 2.24) is 30.2 Å². The van der Waals surface area contributed by atoms with Gasteiger partial charge in [0.2, 0.25) is 0 Å². The molecule has 2 aromatic heterocycles. The smallest absolute Gasteiger partial charge is 0.407 e. The minimum atomic E-state index is -1.06. The van der Waals surface area contributed by atoms with Crippen LogP contribution in [-0.2, 0) is 44.7 Å². The van der Waals surface area contributed by atoms with Gasteiger partial charge < -0.3 is 39.6 Å². The maximum absolute atomic E-state index is 13.0. The fraction of sp³-hybridized carbons (Fsp3) is 0.511. The maximum Gasteiger partial charge on any atom is 0.407 e. The summed E-state index contributed by atoms with van der Waals surface area (Å²) in [7, 11) is 1.37. The molecule has 334 valence electrons. The van der Waals surface area contributed by atoms with Crippen molar-refractivity contribution in [2.24, 2.45) is 11.8 Å². The first-order valence-corrected chi connectivity index (χ1v) is 21.2. The summed E-state index contributed by atoms with van der Waals surface area (Å²) in [4.78, 5) is 75.9. The highest BCUT2D eigenvalue weighted by atomic mass is 16.6. The van der Waals surface area contributed by atoms with E-state index in [-0.39, 0.29) is 47.7 Å². The first kappa shape index (κ1) is 47.1. The number of carbonyl (C=O) groups excluding carboxylic acids is 5. The van der Waals surface area contributed by atoms with Gasteiger partial charge in [-0.2, -0.15) is 0 Å². The zero-order valence-corrected chi connectivity index (χ0v) is 36.1. The van der Waals surface area contributed by atoms with Crippen molar-refractivity contribution in [1.29, 1.82) is 0 Å². The van der Waals surface area contributed by atoms with Crippen molar-refractivity contribution in [2.75, 3.05) is 25.5 Å². The van der Waals surface area contributed by atoms with E-state index in [1.807, 2.05) is 50.2 Å². The van der Waals surface area contributed by atoms with E-state index < -0.39 is 42.6 Å². The largest absolute Gasteiger partial charge is 0.469 e. The minimum Gasteiger partial charge on any atom is -0.469 e. The Morgan fingerprint density at radius 2 is 1.50 bits per heavy atom. The molecular formula is C45H59N7O10. The number of rotatable bonds is 23. The molecule has 4 aromatic rings. The molecule has 0 saturated carbocycles. The average Bonchev–Trinajstić information content (AvgIpc) is 3.83. The molecule has 2 amide bonds. The molecule has 17 nitrogen and oxygen atoms in total. The van der Waals surface area contributed by atoms with Crippen LogP contribution in [0.25, 0.3) is 11.2 Å². The van der Waals surface area contributed by atoms with E-state index in [0.29, 0.717) is 30.5 Å². The molecule has 0 radical (unpaired) electrons. The quantitative estimate of drug-likeness (QED) is 0.0425. The van der Waals surface area contributed by atoms with Crippen molar-refractivity contribution >= 4 is 46.9 Å². The van der Waals surface area contributed by atoms with Crippen molar-refractivity contribution in [3.63, 3.8) is 0 Å². The molecule has 1 saturated heterocycles. The molecule has 7 atom stereocenters. The Morgan fingerprint density at radius 1 is 0.806 bits per heavy atom. The number of benzene rings is 2. The number of ether oxygens (including phenoxy) is 5. The van der Waals surface area contributed by atoms with Gasteiger partial charge in [0, 0.05) is 25.5 Å². The monoisotopic (exact) mass is 857 g/mol. The molecule has 0 spiro atoms. The molecule has 1 fully saturated rings. The summed E-state index contributed by atoms with van der Waals surface area (Å²) in [6.45, 7) is 8.14. The van der Waals surface area contributed by atoms with Crippen molar-refractivity contribution in [3.05, 3.63) is 84.4 Å². The molecule has 5 rings (SSSR count). The van der Waals surface area contributed by atoms with Gasteiger partial charge in [-0.3, -0.25) is 23.7 Å². The van der Waals surface area contributed by atoms with E-state index in [2.05, 4.69) is 30.9 Å². The Labute approximate surface area is 362 Å². The van der Waals surface area contributed by atoms with Crippen molar-refractivity contribution in [2.45, 2.75) is 116 Å². The van der Waals surface area contributed by atoms with Crippen LogP contribution in [0, 0.1) is 11.8 Å². The van der Waals surface area contributed by atoms with Gasteiger partial charge in [0.1, 0.15) is 19.0 Å². The van der Waals surface area contributed by atoms with E-state index in [1.54, 1.807) is 28.8 Å². The fourth-order valence-corrected chi connectivity index (χ4v) is 7.56. The average molecular weight is 858 g/mol. The molecule has 0 aliphatic carbocycles. The summed E-state index contributed by atoms with van der Waals surface area (Å²) < 4.78 is 30.3. The number of imidazole rings is 1. The Morgan fingerprint density at radius 3 is 2.21 bits per heavy atom. The van der Waals surface area contributed by atoms with Crippen LogP contribution in [0.5, 0.6) is 0 Å². The number of amides is 2. The summed E-state index contributed by atoms with van der Waals surface area (Å²) in [5.74, 6) is -1.97. The van der Waals surface area contributed by atoms with Gasteiger partial charge in [-0.1, -0.05) is 61.9 Å². The number of carbonyl (C=O) groups is 5. The van der Waals surface area contributed by atoms with Crippen LogP contribution in [0.3, 0.4) is 0 Å². The number of methoxy groups -OCH3 is 1. The lowest BCUT2D eigenvalue weighted by atomic mass is 9.87. The third-order valence-corrected chi connectivity index (χ3v) is 10.8. The van der Waals surface area contributed by atoms with Gasteiger partial charge >= 0.3 is 24.0 Å². The van der Waals surface area contributed by atoms with Crippen LogP contribution in [0.2, 0.25) is 0 Å². The first-order valence-electron chi connectivity index (χ1n) is 21.2. The summed E-state index contributed by atoms with van der Waals surface area (Å²) in [5.41, 5.74) is 1.94. The second-order valence-corrected chi connectivity index (χ2v) is 15.7. The first-order chi connectivity index (χ1) is 29.9. The molecule has 3 N–H and O–H groups in total. The summed E-state index contributed by atoms with van der Waals surface area (Å²) in [6, 6.07) is 18.2. The molecule has 1 aliphatic heterocycles. The predicted octanol–water partition coefficient (Wildman–Crippen LogP) is 6.29. The van der Waals surface area contributed by atoms with Crippen LogP contribution >= 0.6 is 0 Å². The third kappa shape index (κ3) is 14.1. The second kappa shape index (κ2) is 23.9. The Hall–Kier alpha value is -5.94. The predicted molar refractivity (Wildman–Crippen MR) is 228 cm³/mol. The van der Waals surface area contributed by atoms with Crippen LogP contribution in [-0.4, -0.2) is 94.0 Å². The number of unbranched alkanes of at least 4 members (excludes halogenated alkanes) is 1. The number of hydrogen-bond donors (Lipinski definition) is 3. The zero-order valence-electron chi connectivity index (χ0n) is 36.1. The van der Waals surface area contributed by atoms with Gasteiger partial charge in [-0.25, -0.2) is 19.7 Å². The number of nitrogens with zero attached hydrogens (tertiary/aromatic N) is 4. The maximum atomic E-state index is 13.0. The zero-order chi connectivity index (χ0) is 44.4. The summed E-state index contributed by atoms with van der Waals surface area (Å²) in [6.07, 6.45) is 4.50. The van der Waals surface area contributed by atoms with Crippen LogP contribution in [0.1, 0.15) is 101 Å². The van der Waals surface area contributed by atoms with Crippen LogP contribution in [0.4, 0.5) is 10.6 Å².